The molecular formula is C23H36O4. The van der Waals surface area contributed by atoms with Crippen molar-refractivity contribution in [3.8, 4) is 0 Å². The third-order valence-electron chi connectivity index (χ3n) is 8.90. The average molecular weight is 377 g/mol. The summed E-state index contributed by atoms with van der Waals surface area (Å²) in [5.41, 5.74) is -0.438. The highest BCUT2D eigenvalue weighted by molar-refractivity contribution is 5.83. The van der Waals surface area contributed by atoms with Gasteiger partial charge in [0.25, 0.3) is 0 Å². The molecule has 0 aliphatic heterocycles. The van der Waals surface area contributed by atoms with E-state index >= 15 is 0 Å². The quantitative estimate of drug-likeness (QED) is 0.650. The molecule has 5 aliphatic carbocycles. The van der Waals surface area contributed by atoms with Gasteiger partial charge in [0.2, 0.25) is 0 Å². The number of esters is 2. The van der Waals surface area contributed by atoms with Crippen LogP contribution in [0.15, 0.2) is 0 Å². The van der Waals surface area contributed by atoms with Crippen molar-refractivity contribution in [2.75, 3.05) is 6.61 Å². The average Bonchev–Trinajstić information content (AvgIpc) is 3.06. The van der Waals surface area contributed by atoms with Crippen LogP contribution in [0, 0.1) is 39.9 Å². The van der Waals surface area contributed by atoms with Crippen molar-refractivity contribution in [2.45, 2.75) is 85.7 Å². The summed E-state index contributed by atoms with van der Waals surface area (Å²) in [6.07, 6.45) is 6.85. The highest BCUT2D eigenvalue weighted by Crippen LogP contribution is 2.66. The van der Waals surface area contributed by atoms with E-state index in [4.69, 9.17) is 9.47 Å². The standard InChI is InChI=1S/C23H36O4/c1-14(2)23(16-7-15-8-17(23)11-21(5,9-15)10-16)27-18(24)12-26-19(25)22(6)13-20(22,3)4/h14-17H,7-13H2,1-6H3. The van der Waals surface area contributed by atoms with Crippen LogP contribution in [0.4, 0.5) is 0 Å². The van der Waals surface area contributed by atoms with Gasteiger partial charge in [0.15, 0.2) is 6.61 Å². The Kier molecular flexibility index (Phi) is 4.09. The second kappa shape index (κ2) is 5.73. The van der Waals surface area contributed by atoms with Crippen LogP contribution < -0.4 is 0 Å². The minimum Gasteiger partial charge on any atom is -0.456 e. The summed E-state index contributed by atoms with van der Waals surface area (Å²) in [6.45, 7) is 12.6. The predicted octanol–water partition coefficient (Wildman–Crippen LogP) is 4.75. The number of rotatable bonds is 5. The zero-order chi connectivity index (χ0) is 19.8. The molecule has 0 aromatic rings. The van der Waals surface area contributed by atoms with E-state index in [0.717, 1.165) is 25.2 Å². The third kappa shape index (κ3) is 2.76. The lowest BCUT2D eigenvalue weighted by Crippen LogP contribution is -2.64. The van der Waals surface area contributed by atoms with E-state index in [-0.39, 0.29) is 35.5 Å². The third-order valence-corrected chi connectivity index (χ3v) is 8.90. The van der Waals surface area contributed by atoms with Gasteiger partial charge in [0, 0.05) is 11.8 Å². The summed E-state index contributed by atoms with van der Waals surface area (Å²) in [5, 5.41) is 0. The first-order valence-electron chi connectivity index (χ1n) is 10.8. The molecule has 0 aromatic carbocycles. The van der Waals surface area contributed by atoms with Crippen LogP contribution in [0.5, 0.6) is 0 Å². The van der Waals surface area contributed by atoms with Crippen molar-refractivity contribution in [3.05, 3.63) is 0 Å². The number of carbonyl (C=O) groups is 2. The highest BCUT2D eigenvalue weighted by Gasteiger charge is 2.65. The molecule has 4 bridgehead atoms. The summed E-state index contributed by atoms with van der Waals surface area (Å²) in [6, 6.07) is 0. The molecule has 5 saturated carbocycles. The summed E-state index contributed by atoms with van der Waals surface area (Å²) >= 11 is 0. The number of hydrogen-bond acceptors (Lipinski definition) is 4. The molecule has 4 heteroatoms. The highest BCUT2D eigenvalue weighted by atomic mass is 16.6. The van der Waals surface area contributed by atoms with E-state index < -0.39 is 5.41 Å². The molecule has 27 heavy (non-hydrogen) atoms. The van der Waals surface area contributed by atoms with E-state index in [1.807, 2.05) is 6.92 Å². The zero-order valence-corrected chi connectivity index (χ0v) is 17.9. The Bertz CT molecular complexity index is 647. The lowest BCUT2D eigenvalue weighted by molar-refractivity contribution is -0.240. The molecule has 4 nitrogen and oxygen atoms in total. The fourth-order valence-corrected chi connectivity index (χ4v) is 7.32. The molecule has 5 fully saturated rings. The Morgan fingerprint density at radius 2 is 1.56 bits per heavy atom. The van der Waals surface area contributed by atoms with Gasteiger partial charge in [0.05, 0.1) is 5.41 Å². The Labute approximate surface area is 163 Å². The minimum absolute atomic E-state index is 0.0377. The molecule has 0 amide bonds. The van der Waals surface area contributed by atoms with Crippen LogP contribution in [0.25, 0.3) is 0 Å². The molecule has 5 aliphatic rings. The van der Waals surface area contributed by atoms with Gasteiger partial charge >= 0.3 is 11.9 Å². The van der Waals surface area contributed by atoms with Gasteiger partial charge in [-0.3, -0.25) is 4.79 Å². The first-order valence-corrected chi connectivity index (χ1v) is 10.8. The van der Waals surface area contributed by atoms with Gasteiger partial charge in [-0.05, 0) is 68.1 Å². The maximum atomic E-state index is 12.7. The Balaban J connectivity index is 1.44. The van der Waals surface area contributed by atoms with Crippen LogP contribution in [0.2, 0.25) is 0 Å². The maximum Gasteiger partial charge on any atom is 0.344 e. The maximum absolute atomic E-state index is 12.7. The smallest absolute Gasteiger partial charge is 0.344 e. The molecule has 0 spiro atoms. The van der Waals surface area contributed by atoms with Gasteiger partial charge < -0.3 is 9.47 Å². The molecule has 0 saturated heterocycles. The Hall–Kier alpha value is -1.06. The second-order valence-electron chi connectivity index (χ2n) is 11.6. The number of carbonyl (C=O) groups excluding carboxylic acids is 2. The van der Waals surface area contributed by atoms with Crippen LogP contribution in [-0.2, 0) is 19.1 Å². The fraction of sp³-hybridized carbons (Fsp3) is 0.913. The van der Waals surface area contributed by atoms with Crippen molar-refractivity contribution in [2.24, 2.45) is 39.9 Å². The van der Waals surface area contributed by atoms with Crippen LogP contribution in [0.3, 0.4) is 0 Å². The fourth-order valence-electron chi connectivity index (χ4n) is 7.32. The van der Waals surface area contributed by atoms with Gasteiger partial charge in [0.1, 0.15) is 5.60 Å². The summed E-state index contributed by atoms with van der Waals surface area (Å²) in [4.78, 5) is 25.1. The Morgan fingerprint density at radius 3 is 2.00 bits per heavy atom. The lowest BCUT2D eigenvalue weighted by atomic mass is 9.43. The van der Waals surface area contributed by atoms with E-state index in [1.165, 1.54) is 19.3 Å². The molecule has 0 aromatic heterocycles. The summed E-state index contributed by atoms with van der Waals surface area (Å²) < 4.78 is 11.6. The summed E-state index contributed by atoms with van der Waals surface area (Å²) in [7, 11) is 0. The van der Waals surface area contributed by atoms with Crippen molar-refractivity contribution in [1.29, 1.82) is 0 Å². The van der Waals surface area contributed by atoms with Gasteiger partial charge in [-0.1, -0.05) is 34.6 Å². The lowest BCUT2D eigenvalue weighted by Gasteiger charge is -2.65. The first-order chi connectivity index (χ1) is 12.4. The molecule has 0 N–H and O–H groups in total. The van der Waals surface area contributed by atoms with E-state index in [9.17, 15) is 9.59 Å². The van der Waals surface area contributed by atoms with E-state index in [2.05, 4.69) is 34.6 Å². The monoisotopic (exact) mass is 376 g/mol. The SMILES string of the molecule is CC(C)C1(OC(=O)COC(=O)C2(C)CC2(C)C)C2CC3CC1CC(C)(C3)C2. The first kappa shape index (κ1) is 19.3. The number of ether oxygens (including phenoxy) is 2. The van der Waals surface area contributed by atoms with Crippen LogP contribution >= 0.6 is 0 Å². The molecule has 0 radical (unpaired) electrons. The van der Waals surface area contributed by atoms with Crippen molar-refractivity contribution in [3.63, 3.8) is 0 Å². The van der Waals surface area contributed by atoms with Crippen molar-refractivity contribution >= 4 is 11.9 Å². The summed E-state index contributed by atoms with van der Waals surface area (Å²) in [5.74, 6) is 1.36. The second-order valence-corrected chi connectivity index (χ2v) is 11.6. The van der Waals surface area contributed by atoms with E-state index in [0.29, 0.717) is 17.3 Å². The predicted molar refractivity (Wildman–Crippen MR) is 103 cm³/mol. The van der Waals surface area contributed by atoms with Crippen LogP contribution in [-0.4, -0.2) is 24.1 Å². The van der Waals surface area contributed by atoms with Gasteiger partial charge in [-0.25, -0.2) is 4.79 Å². The van der Waals surface area contributed by atoms with Gasteiger partial charge in [-0.15, -0.1) is 0 Å². The molecule has 5 rings (SSSR count). The van der Waals surface area contributed by atoms with Gasteiger partial charge in [-0.2, -0.15) is 0 Å². The zero-order valence-electron chi connectivity index (χ0n) is 17.9. The molecule has 0 heterocycles. The number of hydrogen-bond donors (Lipinski definition) is 0. The molecular weight excluding hydrogens is 340 g/mol. The largest absolute Gasteiger partial charge is 0.456 e. The normalized spacial score (nSPS) is 46.4. The van der Waals surface area contributed by atoms with E-state index in [1.54, 1.807) is 0 Å². The molecule has 3 atom stereocenters. The topological polar surface area (TPSA) is 52.6 Å². The van der Waals surface area contributed by atoms with Crippen molar-refractivity contribution in [1.82, 2.24) is 0 Å². The molecule has 152 valence electrons. The van der Waals surface area contributed by atoms with Crippen molar-refractivity contribution < 1.29 is 19.1 Å². The minimum atomic E-state index is -0.458. The van der Waals surface area contributed by atoms with Crippen LogP contribution in [0.1, 0.15) is 80.1 Å². The molecule has 3 unspecified atom stereocenters. The Morgan fingerprint density at radius 1 is 1.00 bits per heavy atom.